The molecular formula is C12H14N2O. The van der Waals surface area contributed by atoms with Crippen molar-refractivity contribution in [2.24, 2.45) is 0 Å². The summed E-state index contributed by atoms with van der Waals surface area (Å²) in [7, 11) is 0. The molecule has 0 saturated carbocycles. The van der Waals surface area contributed by atoms with Crippen LogP contribution in [0.5, 0.6) is 5.75 Å². The van der Waals surface area contributed by atoms with Gasteiger partial charge in [-0.2, -0.15) is 0 Å². The van der Waals surface area contributed by atoms with E-state index in [-0.39, 0.29) is 0 Å². The van der Waals surface area contributed by atoms with Crippen molar-refractivity contribution < 1.29 is 4.74 Å². The average molecular weight is 202 g/mol. The molecule has 0 unspecified atom stereocenters. The van der Waals surface area contributed by atoms with Gasteiger partial charge in [-0.15, -0.1) is 0 Å². The minimum atomic E-state index is 0.716. The molecule has 1 aromatic heterocycles. The Hall–Kier alpha value is -1.77. The molecule has 0 saturated heterocycles. The molecule has 3 heteroatoms. The molecule has 0 aliphatic rings. The van der Waals surface area contributed by atoms with Crippen LogP contribution >= 0.6 is 0 Å². The molecule has 0 spiro atoms. The monoisotopic (exact) mass is 202 g/mol. The molecule has 0 aliphatic heterocycles. The maximum atomic E-state index is 5.87. The van der Waals surface area contributed by atoms with Crippen molar-refractivity contribution in [2.45, 2.75) is 13.3 Å². The number of ether oxygens (including phenoxy) is 1. The molecule has 15 heavy (non-hydrogen) atoms. The van der Waals surface area contributed by atoms with E-state index in [1.54, 1.807) is 12.4 Å². The van der Waals surface area contributed by atoms with Crippen LogP contribution in [0.2, 0.25) is 0 Å². The number of fused-ring (bicyclic) bond motifs is 1. The van der Waals surface area contributed by atoms with Gasteiger partial charge in [0.15, 0.2) is 0 Å². The number of aromatic nitrogens is 1. The zero-order valence-corrected chi connectivity index (χ0v) is 8.73. The van der Waals surface area contributed by atoms with Gasteiger partial charge in [0, 0.05) is 28.9 Å². The largest absolute Gasteiger partial charge is 0.493 e. The third-order valence-electron chi connectivity index (χ3n) is 2.27. The third kappa shape index (κ3) is 1.86. The van der Waals surface area contributed by atoms with Crippen LogP contribution in [0.1, 0.15) is 13.3 Å². The Morgan fingerprint density at radius 1 is 1.27 bits per heavy atom. The van der Waals surface area contributed by atoms with Crippen LogP contribution < -0.4 is 10.5 Å². The van der Waals surface area contributed by atoms with Crippen molar-refractivity contribution in [3.63, 3.8) is 0 Å². The predicted octanol–water partition coefficient (Wildman–Crippen LogP) is 2.61. The third-order valence-corrected chi connectivity index (χ3v) is 2.27. The fraction of sp³-hybridized carbons (Fsp3) is 0.250. The minimum Gasteiger partial charge on any atom is -0.493 e. The van der Waals surface area contributed by atoms with Crippen molar-refractivity contribution >= 4 is 16.5 Å². The second kappa shape index (κ2) is 4.17. The van der Waals surface area contributed by atoms with Crippen LogP contribution in [0, 0.1) is 0 Å². The molecule has 0 radical (unpaired) electrons. The van der Waals surface area contributed by atoms with Crippen molar-refractivity contribution in [3.05, 3.63) is 30.6 Å². The highest BCUT2D eigenvalue weighted by Crippen LogP contribution is 2.29. The van der Waals surface area contributed by atoms with Crippen molar-refractivity contribution in [1.29, 1.82) is 0 Å². The number of anilines is 1. The van der Waals surface area contributed by atoms with Crippen molar-refractivity contribution in [2.75, 3.05) is 12.3 Å². The fourth-order valence-electron chi connectivity index (χ4n) is 1.53. The molecule has 0 bridgehead atoms. The van der Waals surface area contributed by atoms with E-state index >= 15 is 0 Å². The molecule has 2 N–H and O–H groups in total. The van der Waals surface area contributed by atoms with Gasteiger partial charge in [0.2, 0.25) is 0 Å². The minimum absolute atomic E-state index is 0.716. The van der Waals surface area contributed by atoms with Gasteiger partial charge in [-0.25, -0.2) is 0 Å². The first-order valence-corrected chi connectivity index (χ1v) is 5.08. The lowest BCUT2D eigenvalue weighted by Gasteiger charge is -2.09. The van der Waals surface area contributed by atoms with Crippen LogP contribution in [-0.4, -0.2) is 11.6 Å². The highest BCUT2D eigenvalue weighted by atomic mass is 16.5. The zero-order valence-electron chi connectivity index (χ0n) is 8.73. The van der Waals surface area contributed by atoms with Crippen LogP contribution in [0.3, 0.4) is 0 Å². The van der Waals surface area contributed by atoms with Gasteiger partial charge in [0.05, 0.1) is 6.61 Å². The Morgan fingerprint density at radius 2 is 2.13 bits per heavy atom. The number of pyridine rings is 1. The first kappa shape index (κ1) is 9.77. The van der Waals surface area contributed by atoms with Crippen LogP contribution in [0.4, 0.5) is 5.69 Å². The second-order valence-electron chi connectivity index (χ2n) is 3.42. The summed E-state index contributed by atoms with van der Waals surface area (Å²) in [6.45, 7) is 2.80. The Kier molecular flexibility index (Phi) is 2.72. The van der Waals surface area contributed by atoms with Crippen LogP contribution in [-0.2, 0) is 0 Å². The summed E-state index contributed by atoms with van der Waals surface area (Å²) < 4.78 is 5.63. The van der Waals surface area contributed by atoms with E-state index in [0.29, 0.717) is 6.61 Å². The van der Waals surface area contributed by atoms with E-state index in [0.717, 1.165) is 28.6 Å². The average Bonchev–Trinajstić information content (AvgIpc) is 2.29. The highest BCUT2D eigenvalue weighted by Gasteiger charge is 2.04. The predicted molar refractivity (Wildman–Crippen MR) is 61.9 cm³/mol. The molecule has 2 rings (SSSR count). The first-order chi connectivity index (χ1) is 7.33. The lowest BCUT2D eigenvalue weighted by molar-refractivity contribution is 0.321. The molecule has 3 nitrogen and oxygen atoms in total. The van der Waals surface area contributed by atoms with Gasteiger partial charge in [-0.3, -0.25) is 4.98 Å². The smallest absolute Gasteiger partial charge is 0.128 e. The Labute approximate surface area is 88.9 Å². The Morgan fingerprint density at radius 3 is 2.93 bits per heavy atom. The van der Waals surface area contributed by atoms with Gasteiger partial charge in [0.25, 0.3) is 0 Å². The van der Waals surface area contributed by atoms with Crippen LogP contribution in [0.25, 0.3) is 10.8 Å². The standard InChI is InChI=1S/C12H14N2O/c1-2-7-15-12-4-3-11(13)9-5-6-14-8-10(9)12/h3-6,8H,2,7,13H2,1H3. The first-order valence-electron chi connectivity index (χ1n) is 5.08. The fourth-order valence-corrected chi connectivity index (χ4v) is 1.53. The van der Waals surface area contributed by atoms with E-state index in [1.807, 2.05) is 18.2 Å². The lowest BCUT2D eigenvalue weighted by Crippen LogP contribution is -1.97. The van der Waals surface area contributed by atoms with Gasteiger partial charge in [0.1, 0.15) is 5.75 Å². The molecule has 2 aromatic rings. The number of rotatable bonds is 3. The summed E-state index contributed by atoms with van der Waals surface area (Å²) in [6, 6.07) is 5.67. The zero-order chi connectivity index (χ0) is 10.7. The van der Waals surface area contributed by atoms with E-state index in [4.69, 9.17) is 10.5 Å². The number of nitrogen functional groups attached to an aromatic ring is 1. The number of benzene rings is 1. The van der Waals surface area contributed by atoms with E-state index in [2.05, 4.69) is 11.9 Å². The molecule has 0 fully saturated rings. The van der Waals surface area contributed by atoms with E-state index in [9.17, 15) is 0 Å². The van der Waals surface area contributed by atoms with E-state index < -0.39 is 0 Å². The topological polar surface area (TPSA) is 48.1 Å². The quantitative estimate of drug-likeness (QED) is 0.778. The normalized spacial score (nSPS) is 10.5. The van der Waals surface area contributed by atoms with Crippen molar-refractivity contribution in [3.8, 4) is 5.75 Å². The summed E-state index contributed by atoms with van der Waals surface area (Å²) in [4.78, 5) is 4.09. The summed E-state index contributed by atoms with van der Waals surface area (Å²) >= 11 is 0. The van der Waals surface area contributed by atoms with Crippen molar-refractivity contribution in [1.82, 2.24) is 4.98 Å². The number of nitrogens with zero attached hydrogens (tertiary/aromatic N) is 1. The SMILES string of the molecule is CCCOc1ccc(N)c2ccncc12. The maximum absolute atomic E-state index is 5.87. The maximum Gasteiger partial charge on any atom is 0.128 e. The molecule has 1 aromatic carbocycles. The summed E-state index contributed by atoms with van der Waals surface area (Å²) in [6.07, 6.45) is 4.52. The number of nitrogens with two attached hydrogens (primary N) is 1. The van der Waals surface area contributed by atoms with Gasteiger partial charge in [-0.1, -0.05) is 6.92 Å². The summed E-state index contributed by atoms with van der Waals surface area (Å²) in [5.41, 5.74) is 6.63. The summed E-state index contributed by atoms with van der Waals surface area (Å²) in [5.74, 6) is 0.856. The molecular weight excluding hydrogens is 188 g/mol. The van der Waals surface area contributed by atoms with Gasteiger partial charge in [-0.05, 0) is 24.6 Å². The summed E-state index contributed by atoms with van der Waals surface area (Å²) in [5, 5.41) is 1.98. The van der Waals surface area contributed by atoms with E-state index in [1.165, 1.54) is 0 Å². The second-order valence-corrected chi connectivity index (χ2v) is 3.42. The molecule has 0 atom stereocenters. The molecule has 0 aliphatic carbocycles. The number of hydrogen-bond acceptors (Lipinski definition) is 3. The number of hydrogen-bond donors (Lipinski definition) is 1. The molecule has 78 valence electrons. The van der Waals surface area contributed by atoms with Gasteiger partial charge >= 0.3 is 0 Å². The lowest BCUT2D eigenvalue weighted by atomic mass is 10.1. The molecule has 1 heterocycles. The molecule has 0 amide bonds. The Bertz CT molecular complexity index is 468. The highest BCUT2D eigenvalue weighted by molar-refractivity contribution is 5.96. The van der Waals surface area contributed by atoms with Gasteiger partial charge < -0.3 is 10.5 Å². The van der Waals surface area contributed by atoms with Crippen LogP contribution in [0.15, 0.2) is 30.6 Å². The Balaban J connectivity index is 2.51.